The molecule has 3 heteroatoms. The molecule has 0 fully saturated rings. The Kier molecular flexibility index (Phi) is 6.00. The van der Waals surface area contributed by atoms with Crippen LogP contribution in [0.4, 0.5) is 5.69 Å². The van der Waals surface area contributed by atoms with Gasteiger partial charge in [-0.25, -0.2) is 9.71 Å². The highest BCUT2D eigenvalue weighted by molar-refractivity contribution is 7.97. The fraction of sp³-hybridized carbons (Fsp3) is 0. The van der Waals surface area contributed by atoms with E-state index in [1.807, 2.05) is 36.4 Å². The van der Waals surface area contributed by atoms with Gasteiger partial charge in [0.05, 0.1) is 5.69 Å². The van der Waals surface area contributed by atoms with E-state index in [9.17, 15) is 0 Å². The molecule has 0 aliphatic heterocycles. The van der Waals surface area contributed by atoms with Crippen LogP contribution in [-0.4, -0.2) is 4.98 Å². The van der Waals surface area contributed by atoms with Crippen LogP contribution >= 0.6 is 11.9 Å². The van der Waals surface area contributed by atoms with Gasteiger partial charge in [-0.15, -0.1) is 0 Å². The van der Waals surface area contributed by atoms with E-state index < -0.39 is 0 Å². The monoisotopic (exact) mass is 429 g/mol. The number of aromatic nitrogens is 1. The number of rotatable bonds is 6. The molecule has 0 spiro atoms. The van der Waals surface area contributed by atoms with Gasteiger partial charge in [0.2, 0.25) is 0 Å². The fourth-order valence-electron chi connectivity index (χ4n) is 3.70. The standard InChI is InChI=1S/C29H21N2S/c1-4-12-22(13-5-1)25-20-26(23-14-6-2-7-15-23)29(31-32-28-18-10-11-19-30-28)27(21-25)24-16-8-3-9-17-24/h1-21H. The third kappa shape index (κ3) is 4.43. The summed E-state index contributed by atoms with van der Waals surface area (Å²) in [4.78, 5) is 4.43. The Morgan fingerprint density at radius 1 is 0.500 bits per heavy atom. The molecule has 5 aromatic rings. The van der Waals surface area contributed by atoms with Crippen molar-refractivity contribution < 1.29 is 0 Å². The maximum atomic E-state index is 5.02. The molecule has 0 aliphatic carbocycles. The van der Waals surface area contributed by atoms with Crippen LogP contribution in [0.25, 0.3) is 33.4 Å². The summed E-state index contributed by atoms with van der Waals surface area (Å²) in [5, 5.41) is 0.873. The zero-order chi connectivity index (χ0) is 21.6. The number of hydrogen-bond donors (Lipinski definition) is 0. The van der Waals surface area contributed by atoms with Gasteiger partial charge < -0.3 is 0 Å². The molecule has 0 unspecified atom stereocenters. The average molecular weight is 430 g/mol. The van der Waals surface area contributed by atoms with Crippen molar-refractivity contribution in [2.24, 2.45) is 0 Å². The molecule has 0 saturated heterocycles. The van der Waals surface area contributed by atoms with Gasteiger partial charge in [0.1, 0.15) is 5.03 Å². The first-order valence-electron chi connectivity index (χ1n) is 10.5. The van der Waals surface area contributed by atoms with Gasteiger partial charge in [0.15, 0.2) is 0 Å². The SMILES string of the molecule is c1ccc(-c2cc(-c3ccccc3)c([N]Sc3ccccn3)c(-c3ccccc3)c2)cc1. The molecule has 1 heterocycles. The molecule has 5 rings (SSSR count). The van der Waals surface area contributed by atoms with E-state index in [4.69, 9.17) is 4.72 Å². The molecular weight excluding hydrogens is 408 g/mol. The smallest absolute Gasteiger partial charge is 0.119 e. The fourth-order valence-corrected chi connectivity index (χ4v) is 4.33. The Bertz CT molecular complexity index is 1230. The highest BCUT2D eigenvalue weighted by Gasteiger charge is 2.17. The molecule has 0 aliphatic rings. The molecule has 4 aromatic carbocycles. The van der Waals surface area contributed by atoms with Crippen LogP contribution in [0.15, 0.2) is 133 Å². The summed E-state index contributed by atoms with van der Waals surface area (Å²) in [5.74, 6) is 0. The van der Waals surface area contributed by atoms with Crippen LogP contribution in [0.2, 0.25) is 0 Å². The number of hydrogen-bond acceptors (Lipinski definition) is 2. The zero-order valence-electron chi connectivity index (χ0n) is 17.4. The van der Waals surface area contributed by atoms with Crippen LogP contribution in [0, 0.1) is 0 Å². The lowest BCUT2D eigenvalue weighted by Gasteiger charge is -2.17. The van der Waals surface area contributed by atoms with Crippen molar-refractivity contribution in [1.29, 1.82) is 0 Å². The predicted molar refractivity (Wildman–Crippen MR) is 135 cm³/mol. The van der Waals surface area contributed by atoms with Gasteiger partial charge in [-0.1, -0.05) is 97.1 Å². The number of benzene rings is 4. The molecule has 2 nitrogen and oxygen atoms in total. The third-order valence-electron chi connectivity index (χ3n) is 5.25. The molecule has 1 aromatic heterocycles. The lowest BCUT2D eigenvalue weighted by Crippen LogP contribution is -1.96. The number of pyridine rings is 1. The molecular formula is C29H21N2S. The van der Waals surface area contributed by atoms with Crippen molar-refractivity contribution in [1.82, 2.24) is 9.71 Å². The highest BCUT2D eigenvalue weighted by Crippen LogP contribution is 2.42. The molecule has 0 atom stereocenters. The Morgan fingerprint density at radius 2 is 1.00 bits per heavy atom. The summed E-state index contributed by atoms with van der Waals surface area (Å²) in [7, 11) is 0. The zero-order valence-corrected chi connectivity index (χ0v) is 18.2. The van der Waals surface area contributed by atoms with Gasteiger partial charge in [0, 0.05) is 29.3 Å². The van der Waals surface area contributed by atoms with Crippen molar-refractivity contribution >= 4 is 17.6 Å². The van der Waals surface area contributed by atoms with Gasteiger partial charge in [-0.05, 0) is 46.5 Å². The van der Waals surface area contributed by atoms with E-state index in [2.05, 4.69) is 89.9 Å². The van der Waals surface area contributed by atoms with Gasteiger partial charge in [-0.2, -0.15) is 0 Å². The van der Waals surface area contributed by atoms with E-state index in [0.29, 0.717) is 0 Å². The molecule has 153 valence electrons. The minimum atomic E-state index is 0.873. The van der Waals surface area contributed by atoms with Gasteiger partial charge in [-0.3, -0.25) is 0 Å². The second kappa shape index (κ2) is 9.54. The minimum absolute atomic E-state index is 0.873. The summed E-state index contributed by atoms with van der Waals surface area (Å²) < 4.78 is 5.02. The summed E-state index contributed by atoms with van der Waals surface area (Å²) >= 11 is 1.41. The predicted octanol–water partition coefficient (Wildman–Crippen LogP) is 8.03. The Balaban J connectivity index is 1.71. The average Bonchev–Trinajstić information content (AvgIpc) is 2.89. The minimum Gasteiger partial charge on any atom is -0.248 e. The first-order chi connectivity index (χ1) is 15.9. The summed E-state index contributed by atoms with van der Waals surface area (Å²) in [5.41, 5.74) is 7.81. The molecule has 0 saturated carbocycles. The lowest BCUT2D eigenvalue weighted by atomic mass is 9.91. The van der Waals surface area contributed by atoms with E-state index in [-0.39, 0.29) is 0 Å². The molecule has 32 heavy (non-hydrogen) atoms. The summed E-state index contributed by atoms with van der Waals surface area (Å²) in [6.07, 6.45) is 1.80. The summed E-state index contributed by atoms with van der Waals surface area (Å²) in [6.45, 7) is 0. The second-order valence-corrected chi connectivity index (χ2v) is 8.15. The second-order valence-electron chi connectivity index (χ2n) is 7.37. The quantitative estimate of drug-likeness (QED) is 0.255. The van der Waals surface area contributed by atoms with Crippen molar-refractivity contribution in [2.45, 2.75) is 5.03 Å². The molecule has 0 amide bonds. The van der Waals surface area contributed by atoms with E-state index >= 15 is 0 Å². The largest absolute Gasteiger partial charge is 0.248 e. The Hall–Kier alpha value is -3.82. The maximum Gasteiger partial charge on any atom is 0.119 e. The Labute approximate surface area is 193 Å². The topological polar surface area (TPSA) is 27.0 Å². The maximum absolute atomic E-state index is 5.02. The molecule has 0 bridgehead atoms. The molecule has 1 radical (unpaired) electrons. The van der Waals surface area contributed by atoms with Crippen molar-refractivity contribution in [3.8, 4) is 33.4 Å². The third-order valence-corrected chi connectivity index (χ3v) is 5.96. The van der Waals surface area contributed by atoms with Crippen molar-refractivity contribution in [3.63, 3.8) is 0 Å². The lowest BCUT2D eigenvalue weighted by molar-refractivity contribution is 1.13. The Morgan fingerprint density at radius 3 is 1.50 bits per heavy atom. The van der Waals surface area contributed by atoms with E-state index in [0.717, 1.165) is 33.0 Å². The highest BCUT2D eigenvalue weighted by atomic mass is 32.2. The van der Waals surface area contributed by atoms with Crippen LogP contribution in [-0.2, 0) is 0 Å². The van der Waals surface area contributed by atoms with Crippen LogP contribution in [0.1, 0.15) is 0 Å². The number of nitrogens with zero attached hydrogens (tertiary/aromatic N) is 2. The molecule has 0 N–H and O–H groups in total. The van der Waals surface area contributed by atoms with Gasteiger partial charge >= 0.3 is 0 Å². The van der Waals surface area contributed by atoms with Crippen LogP contribution in [0.5, 0.6) is 0 Å². The van der Waals surface area contributed by atoms with Crippen LogP contribution in [0.3, 0.4) is 0 Å². The van der Waals surface area contributed by atoms with Crippen molar-refractivity contribution in [3.05, 3.63) is 128 Å². The normalized spacial score (nSPS) is 10.6. The first kappa shape index (κ1) is 20.1. The first-order valence-corrected chi connectivity index (χ1v) is 11.3. The van der Waals surface area contributed by atoms with Crippen LogP contribution < -0.4 is 4.72 Å². The van der Waals surface area contributed by atoms with Gasteiger partial charge in [0.25, 0.3) is 0 Å². The van der Waals surface area contributed by atoms with E-state index in [1.54, 1.807) is 6.20 Å². The van der Waals surface area contributed by atoms with Crippen molar-refractivity contribution in [2.75, 3.05) is 0 Å². The van der Waals surface area contributed by atoms with E-state index in [1.165, 1.54) is 23.1 Å². The summed E-state index contributed by atoms with van der Waals surface area (Å²) in [6, 6.07) is 41.8.